The normalized spacial score (nSPS) is 13.9. The maximum absolute atomic E-state index is 4.90. The van der Waals surface area contributed by atoms with Crippen LogP contribution in [0.3, 0.4) is 0 Å². The number of rotatable bonds is 6. The van der Waals surface area contributed by atoms with E-state index >= 15 is 0 Å². The summed E-state index contributed by atoms with van der Waals surface area (Å²) in [6.45, 7) is 4.27. The smallest absolute Gasteiger partial charge is 0.224 e. The SMILES string of the molecule is CNc1ncc2c(-c3ccc(N4CCNCC4)nc3)nn(Cc3cn(-c4ccccc4)nn3)c2n1. The second kappa shape index (κ2) is 9.11. The first kappa shape index (κ1) is 21.2. The van der Waals surface area contributed by atoms with E-state index in [0.717, 1.165) is 65.7 Å². The van der Waals surface area contributed by atoms with E-state index in [1.165, 1.54) is 0 Å². The monoisotopic (exact) mass is 467 g/mol. The van der Waals surface area contributed by atoms with Gasteiger partial charge in [0, 0.05) is 51.2 Å². The number of anilines is 2. The molecule has 35 heavy (non-hydrogen) atoms. The lowest BCUT2D eigenvalue weighted by atomic mass is 10.1. The van der Waals surface area contributed by atoms with Crippen LogP contribution in [0.5, 0.6) is 0 Å². The number of pyridine rings is 1. The molecule has 5 aromatic rings. The fourth-order valence-electron chi connectivity index (χ4n) is 4.24. The van der Waals surface area contributed by atoms with E-state index in [0.29, 0.717) is 12.5 Å². The number of hydrogen-bond acceptors (Lipinski definition) is 9. The van der Waals surface area contributed by atoms with E-state index in [2.05, 4.69) is 47.9 Å². The van der Waals surface area contributed by atoms with Crippen LogP contribution >= 0.6 is 0 Å². The molecule has 176 valence electrons. The molecule has 11 nitrogen and oxygen atoms in total. The molecule has 0 saturated carbocycles. The molecule has 5 heterocycles. The van der Waals surface area contributed by atoms with E-state index in [1.807, 2.05) is 47.4 Å². The lowest BCUT2D eigenvalue weighted by Crippen LogP contribution is -2.43. The molecule has 6 rings (SSSR count). The standard InChI is InChI=1S/C24H25N11/c1-25-24-28-14-20-22(17-7-8-21(27-13-17)33-11-9-26-10-12-33)31-35(23(20)29-24)16-18-15-34(32-30-18)19-5-3-2-4-6-19/h2-8,13-15,26H,9-12,16H2,1H3,(H,25,28,29). The van der Waals surface area contributed by atoms with Gasteiger partial charge in [-0.05, 0) is 24.3 Å². The first-order chi connectivity index (χ1) is 17.3. The van der Waals surface area contributed by atoms with Crippen LogP contribution in [0.1, 0.15) is 5.69 Å². The highest BCUT2D eigenvalue weighted by Crippen LogP contribution is 2.28. The molecule has 0 atom stereocenters. The van der Waals surface area contributed by atoms with Crippen molar-refractivity contribution in [1.29, 1.82) is 0 Å². The zero-order valence-corrected chi connectivity index (χ0v) is 19.3. The van der Waals surface area contributed by atoms with E-state index in [9.17, 15) is 0 Å². The Labute approximate surface area is 201 Å². The van der Waals surface area contributed by atoms with Gasteiger partial charge in [0.05, 0.1) is 23.8 Å². The van der Waals surface area contributed by atoms with Crippen molar-refractivity contribution in [2.75, 3.05) is 43.4 Å². The molecule has 1 fully saturated rings. The third-order valence-corrected chi connectivity index (χ3v) is 6.05. The fraction of sp³-hybridized carbons (Fsp3) is 0.250. The highest BCUT2D eigenvalue weighted by atomic mass is 15.4. The van der Waals surface area contributed by atoms with E-state index in [4.69, 9.17) is 10.1 Å². The molecule has 0 aliphatic carbocycles. The number of fused-ring (bicyclic) bond motifs is 1. The van der Waals surface area contributed by atoms with Gasteiger partial charge < -0.3 is 15.5 Å². The second-order valence-electron chi connectivity index (χ2n) is 8.32. The summed E-state index contributed by atoms with van der Waals surface area (Å²) in [7, 11) is 1.80. The Kier molecular flexibility index (Phi) is 5.51. The maximum atomic E-state index is 4.90. The van der Waals surface area contributed by atoms with Crippen molar-refractivity contribution in [1.82, 2.24) is 45.0 Å². The van der Waals surface area contributed by atoms with Gasteiger partial charge in [-0.25, -0.2) is 19.3 Å². The summed E-state index contributed by atoms with van der Waals surface area (Å²) in [5, 5.41) is 20.8. The number of hydrogen-bond donors (Lipinski definition) is 2. The van der Waals surface area contributed by atoms with Crippen molar-refractivity contribution in [3.63, 3.8) is 0 Å². The molecular weight excluding hydrogens is 442 g/mol. The third kappa shape index (κ3) is 4.17. The molecule has 1 aromatic carbocycles. The maximum Gasteiger partial charge on any atom is 0.224 e. The summed E-state index contributed by atoms with van der Waals surface area (Å²) in [6, 6.07) is 14.0. The van der Waals surface area contributed by atoms with Crippen molar-refractivity contribution in [2.45, 2.75) is 6.54 Å². The first-order valence-corrected chi connectivity index (χ1v) is 11.6. The molecule has 0 unspecified atom stereocenters. The van der Waals surface area contributed by atoms with Crippen molar-refractivity contribution >= 4 is 22.8 Å². The zero-order chi connectivity index (χ0) is 23.6. The van der Waals surface area contributed by atoms with Crippen molar-refractivity contribution in [3.05, 3.63) is 66.7 Å². The van der Waals surface area contributed by atoms with Crippen LogP contribution in [0.2, 0.25) is 0 Å². The summed E-state index contributed by atoms with van der Waals surface area (Å²) in [6.07, 6.45) is 5.59. The van der Waals surface area contributed by atoms with Crippen LogP contribution in [-0.2, 0) is 6.54 Å². The third-order valence-electron chi connectivity index (χ3n) is 6.05. The molecule has 0 bridgehead atoms. The summed E-state index contributed by atoms with van der Waals surface area (Å²) >= 11 is 0. The molecule has 0 amide bonds. The lowest BCUT2D eigenvalue weighted by Gasteiger charge is -2.28. The van der Waals surface area contributed by atoms with Gasteiger partial charge in [-0.15, -0.1) is 5.10 Å². The quantitative estimate of drug-likeness (QED) is 0.387. The molecule has 0 spiro atoms. The number of benzene rings is 1. The highest BCUT2D eigenvalue weighted by Gasteiger charge is 2.18. The Morgan fingerprint density at radius 2 is 1.86 bits per heavy atom. The van der Waals surface area contributed by atoms with E-state index in [1.54, 1.807) is 17.9 Å². The molecule has 2 N–H and O–H groups in total. The number of nitrogens with zero attached hydrogens (tertiary/aromatic N) is 9. The van der Waals surface area contributed by atoms with Crippen LogP contribution in [0.15, 0.2) is 61.1 Å². The Hall–Kier alpha value is -4.38. The van der Waals surface area contributed by atoms with Crippen LogP contribution in [0.25, 0.3) is 28.0 Å². The Bertz CT molecular complexity index is 1430. The number of para-hydroxylation sites is 1. The fourth-order valence-corrected chi connectivity index (χ4v) is 4.24. The molecule has 1 saturated heterocycles. The van der Waals surface area contributed by atoms with Crippen molar-refractivity contribution in [2.24, 2.45) is 0 Å². The Balaban J connectivity index is 1.34. The van der Waals surface area contributed by atoms with E-state index in [-0.39, 0.29) is 0 Å². The molecule has 0 radical (unpaired) electrons. The predicted octanol–water partition coefficient (Wildman–Crippen LogP) is 1.97. The average Bonchev–Trinajstić information content (AvgIpc) is 3.55. The van der Waals surface area contributed by atoms with Gasteiger partial charge in [0.15, 0.2) is 5.65 Å². The minimum absolute atomic E-state index is 0.426. The minimum Gasteiger partial charge on any atom is -0.357 e. The minimum atomic E-state index is 0.426. The van der Waals surface area contributed by atoms with E-state index < -0.39 is 0 Å². The van der Waals surface area contributed by atoms with Gasteiger partial charge in [0.1, 0.15) is 17.2 Å². The van der Waals surface area contributed by atoms with Gasteiger partial charge >= 0.3 is 0 Å². The summed E-state index contributed by atoms with van der Waals surface area (Å²) in [5.74, 6) is 1.51. The Morgan fingerprint density at radius 3 is 2.63 bits per heavy atom. The zero-order valence-electron chi connectivity index (χ0n) is 19.3. The number of nitrogens with one attached hydrogen (secondary N) is 2. The molecule has 4 aromatic heterocycles. The summed E-state index contributed by atoms with van der Waals surface area (Å²) in [4.78, 5) is 16.1. The van der Waals surface area contributed by atoms with Gasteiger partial charge in [-0.3, -0.25) is 0 Å². The molecule has 1 aliphatic rings. The lowest BCUT2D eigenvalue weighted by molar-refractivity contribution is 0.585. The average molecular weight is 468 g/mol. The topological polar surface area (TPSA) is 115 Å². The van der Waals surface area contributed by atoms with Gasteiger partial charge in [0.2, 0.25) is 5.95 Å². The second-order valence-corrected chi connectivity index (χ2v) is 8.32. The molecule has 11 heteroatoms. The predicted molar refractivity (Wildman–Crippen MR) is 134 cm³/mol. The number of piperazine rings is 1. The van der Waals surface area contributed by atoms with Crippen LogP contribution in [-0.4, -0.2) is 73.0 Å². The molecule has 1 aliphatic heterocycles. The Morgan fingerprint density at radius 1 is 1.00 bits per heavy atom. The van der Waals surface area contributed by atoms with Crippen molar-refractivity contribution < 1.29 is 0 Å². The van der Waals surface area contributed by atoms with Gasteiger partial charge in [-0.2, -0.15) is 10.1 Å². The van der Waals surface area contributed by atoms with Crippen LogP contribution in [0.4, 0.5) is 11.8 Å². The number of aromatic nitrogens is 8. The van der Waals surface area contributed by atoms with Gasteiger partial charge in [-0.1, -0.05) is 23.4 Å². The first-order valence-electron chi connectivity index (χ1n) is 11.6. The highest BCUT2D eigenvalue weighted by molar-refractivity contribution is 5.91. The summed E-state index contributed by atoms with van der Waals surface area (Å²) in [5.41, 5.74) is 4.16. The molecular formula is C24H25N11. The van der Waals surface area contributed by atoms with Gasteiger partial charge in [0.25, 0.3) is 0 Å². The largest absolute Gasteiger partial charge is 0.357 e. The van der Waals surface area contributed by atoms with Crippen LogP contribution < -0.4 is 15.5 Å². The summed E-state index contributed by atoms with van der Waals surface area (Å²) < 4.78 is 3.60. The van der Waals surface area contributed by atoms with Crippen LogP contribution in [0, 0.1) is 0 Å². The van der Waals surface area contributed by atoms with Crippen molar-refractivity contribution in [3.8, 4) is 16.9 Å².